The van der Waals surface area contributed by atoms with Crippen molar-refractivity contribution in [1.29, 1.82) is 0 Å². The third-order valence-electron chi connectivity index (χ3n) is 5.16. The molecule has 5 aromatic rings. The van der Waals surface area contributed by atoms with Gasteiger partial charge in [0.05, 0.1) is 16.8 Å². The lowest BCUT2D eigenvalue weighted by Crippen LogP contribution is -2.00. The minimum Gasteiger partial charge on any atom is -0.507 e. The largest absolute Gasteiger partial charge is 0.507 e. The van der Waals surface area contributed by atoms with Crippen LogP contribution in [0.25, 0.3) is 22.0 Å². The van der Waals surface area contributed by atoms with Crippen molar-refractivity contribution < 1.29 is 14.3 Å². The second-order valence-corrected chi connectivity index (χ2v) is 8.32. The molecule has 3 aromatic heterocycles. The van der Waals surface area contributed by atoms with Crippen LogP contribution in [-0.2, 0) is 0 Å². The maximum Gasteiger partial charge on any atom is 0.339 e. The molecular weight excluding hydrogens is 467 g/mol. The third-order valence-corrected chi connectivity index (χ3v) is 5.60. The number of rotatable bonds is 4. The molecule has 0 aliphatic rings. The Labute approximate surface area is 196 Å². The van der Waals surface area contributed by atoms with Crippen LogP contribution in [0.5, 0.6) is 17.5 Å². The molecule has 10 heteroatoms. The fourth-order valence-corrected chi connectivity index (χ4v) is 4.06. The van der Waals surface area contributed by atoms with E-state index in [4.69, 9.17) is 32.4 Å². The van der Waals surface area contributed by atoms with E-state index in [1.54, 1.807) is 30.3 Å². The summed E-state index contributed by atoms with van der Waals surface area (Å²) in [6.45, 7) is 3.90. The van der Waals surface area contributed by atoms with Gasteiger partial charge >= 0.3 is 11.6 Å². The lowest BCUT2D eigenvalue weighted by atomic mass is 10.2. The number of aromatic nitrogens is 3. The van der Waals surface area contributed by atoms with Crippen molar-refractivity contribution in [1.82, 2.24) is 15.0 Å². The maximum absolute atomic E-state index is 11.6. The van der Waals surface area contributed by atoms with Crippen molar-refractivity contribution in [2.45, 2.75) is 13.8 Å². The molecule has 0 bridgehead atoms. The number of anilines is 2. The molecule has 3 heterocycles. The fraction of sp³-hybridized carbons (Fsp3) is 0.0870. The maximum atomic E-state index is 11.6. The highest BCUT2D eigenvalue weighted by molar-refractivity contribution is 6.35. The molecule has 0 saturated heterocycles. The number of H-pyrrole nitrogens is 1. The standard InChI is InChI=1S/C23H16Cl2N4O4/c1-10-11(2)26-21-20(10)22(27-14-6-12(24)5-13(25)7-14)29-23(28-21)32-15-3-4-16-17(30)9-19(31)33-18(16)8-15/h3-9,30H,1-2H3,(H2,26,27,28,29). The molecule has 0 aliphatic heterocycles. The first-order valence-corrected chi connectivity index (χ1v) is 10.6. The summed E-state index contributed by atoms with van der Waals surface area (Å²) < 4.78 is 11.0. The van der Waals surface area contributed by atoms with Crippen LogP contribution < -0.4 is 15.7 Å². The Morgan fingerprint density at radius 3 is 2.58 bits per heavy atom. The Morgan fingerprint density at radius 1 is 1.06 bits per heavy atom. The van der Waals surface area contributed by atoms with Gasteiger partial charge in [-0.1, -0.05) is 23.2 Å². The quantitative estimate of drug-likeness (QED) is 0.260. The van der Waals surface area contributed by atoms with Crippen LogP contribution in [0.2, 0.25) is 10.0 Å². The highest BCUT2D eigenvalue weighted by Gasteiger charge is 2.16. The Kier molecular flexibility index (Phi) is 5.11. The molecule has 0 saturated carbocycles. The Bertz CT molecular complexity index is 1590. The number of fused-ring (bicyclic) bond motifs is 2. The monoisotopic (exact) mass is 482 g/mol. The first-order valence-electron chi connectivity index (χ1n) is 9.81. The molecule has 33 heavy (non-hydrogen) atoms. The summed E-state index contributed by atoms with van der Waals surface area (Å²) >= 11 is 12.3. The van der Waals surface area contributed by atoms with Crippen molar-refractivity contribution in [3.8, 4) is 17.5 Å². The van der Waals surface area contributed by atoms with Crippen LogP contribution in [0.1, 0.15) is 11.3 Å². The van der Waals surface area contributed by atoms with Gasteiger partial charge < -0.3 is 24.6 Å². The second kappa shape index (κ2) is 7.99. The van der Waals surface area contributed by atoms with Crippen molar-refractivity contribution in [2.24, 2.45) is 0 Å². The average Bonchev–Trinajstić information content (AvgIpc) is 3.00. The molecule has 0 radical (unpaired) electrons. The highest BCUT2D eigenvalue weighted by Crippen LogP contribution is 2.34. The molecule has 0 spiro atoms. The number of nitrogens with zero attached hydrogens (tertiary/aromatic N) is 2. The van der Waals surface area contributed by atoms with Crippen LogP contribution in [-0.4, -0.2) is 20.1 Å². The van der Waals surface area contributed by atoms with Crippen LogP contribution in [0, 0.1) is 13.8 Å². The summed E-state index contributed by atoms with van der Waals surface area (Å²) in [7, 11) is 0. The van der Waals surface area contributed by atoms with E-state index in [9.17, 15) is 9.90 Å². The molecule has 0 aliphatic carbocycles. The van der Waals surface area contributed by atoms with E-state index in [1.165, 1.54) is 6.07 Å². The van der Waals surface area contributed by atoms with Crippen molar-refractivity contribution in [3.05, 3.63) is 74.2 Å². The van der Waals surface area contributed by atoms with Gasteiger partial charge in [0.25, 0.3) is 0 Å². The van der Waals surface area contributed by atoms with Crippen LogP contribution in [0.3, 0.4) is 0 Å². The number of aromatic hydroxyl groups is 1. The number of ether oxygens (including phenoxy) is 1. The van der Waals surface area contributed by atoms with E-state index < -0.39 is 5.63 Å². The van der Waals surface area contributed by atoms with Gasteiger partial charge in [0.15, 0.2) is 0 Å². The van der Waals surface area contributed by atoms with E-state index in [1.807, 2.05) is 13.8 Å². The first-order chi connectivity index (χ1) is 15.8. The van der Waals surface area contributed by atoms with E-state index in [-0.39, 0.29) is 17.3 Å². The molecule has 0 amide bonds. The van der Waals surface area contributed by atoms with Crippen molar-refractivity contribution >= 4 is 56.7 Å². The summed E-state index contributed by atoms with van der Waals surface area (Å²) in [6.07, 6.45) is 0. The minimum absolute atomic E-state index is 0.0567. The fourth-order valence-electron chi connectivity index (χ4n) is 3.54. The summed E-state index contributed by atoms with van der Waals surface area (Å²) in [5.41, 5.74) is 2.66. The van der Waals surface area contributed by atoms with Gasteiger partial charge in [-0.05, 0) is 49.7 Å². The third kappa shape index (κ3) is 4.06. The molecule has 0 fully saturated rings. The number of nitrogens with one attached hydrogen (secondary N) is 2. The van der Waals surface area contributed by atoms with Crippen molar-refractivity contribution in [3.63, 3.8) is 0 Å². The zero-order valence-corrected chi connectivity index (χ0v) is 18.9. The first kappa shape index (κ1) is 21.1. The van der Waals surface area contributed by atoms with Gasteiger partial charge in [0.2, 0.25) is 0 Å². The van der Waals surface area contributed by atoms with Gasteiger partial charge in [-0.3, -0.25) is 0 Å². The lowest BCUT2D eigenvalue weighted by Gasteiger charge is -2.11. The smallest absolute Gasteiger partial charge is 0.339 e. The topological polar surface area (TPSA) is 113 Å². The summed E-state index contributed by atoms with van der Waals surface area (Å²) in [6, 6.07) is 10.8. The molecular formula is C23H16Cl2N4O4. The Hall–Kier alpha value is -3.75. The van der Waals surface area contributed by atoms with Gasteiger partial charge in [-0.2, -0.15) is 9.97 Å². The number of benzene rings is 2. The lowest BCUT2D eigenvalue weighted by molar-refractivity contribution is 0.442. The van der Waals surface area contributed by atoms with Crippen LogP contribution in [0.15, 0.2) is 51.7 Å². The average molecular weight is 483 g/mol. The van der Waals surface area contributed by atoms with Gasteiger partial charge in [0, 0.05) is 27.5 Å². The van der Waals surface area contributed by atoms with Crippen LogP contribution in [0.4, 0.5) is 11.5 Å². The number of hydrogen-bond acceptors (Lipinski definition) is 7. The zero-order chi connectivity index (χ0) is 23.3. The molecule has 2 aromatic carbocycles. The normalized spacial score (nSPS) is 11.3. The molecule has 8 nitrogen and oxygen atoms in total. The molecule has 0 atom stereocenters. The minimum atomic E-state index is -0.668. The molecule has 3 N–H and O–H groups in total. The second-order valence-electron chi connectivity index (χ2n) is 7.45. The van der Waals surface area contributed by atoms with Gasteiger partial charge in [-0.15, -0.1) is 0 Å². The SMILES string of the molecule is Cc1[nH]c2nc(Oc3ccc4c(O)cc(=O)oc4c3)nc(Nc3cc(Cl)cc(Cl)c3)c2c1C. The van der Waals surface area contributed by atoms with Gasteiger partial charge in [0.1, 0.15) is 28.5 Å². The number of aromatic amines is 1. The molecule has 0 unspecified atom stereocenters. The van der Waals surface area contributed by atoms with Crippen molar-refractivity contribution in [2.75, 3.05) is 5.32 Å². The zero-order valence-electron chi connectivity index (χ0n) is 17.4. The van der Waals surface area contributed by atoms with E-state index in [0.717, 1.165) is 22.7 Å². The summed E-state index contributed by atoms with van der Waals surface area (Å²) in [5, 5.41) is 15.3. The number of aryl methyl sites for hydroxylation is 2. The number of hydrogen-bond donors (Lipinski definition) is 3. The van der Waals surface area contributed by atoms with E-state index >= 15 is 0 Å². The highest BCUT2D eigenvalue weighted by atomic mass is 35.5. The van der Waals surface area contributed by atoms with E-state index in [2.05, 4.69) is 20.3 Å². The van der Waals surface area contributed by atoms with Crippen LogP contribution >= 0.6 is 23.2 Å². The molecule has 166 valence electrons. The predicted octanol–water partition coefficient (Wildman–Crippen LogP) is 6.23. The Balaban J connectivity index is 1.59. The summed E-state index contributed by atoms with van der Waals surface area (Å²) in [5.74, 6) is 0.655. The van der Waals surface area contributed by atoms with Gasteiger partial charge in [-0.25, -0.2) is 4.79 Å². The summed E-state index contributed by atoms with van der Waals surface area (Å²) in [4.78, 5) is 23.9. The molecule has 5 rings (SSSR count). The Morgan fingerprint density at radius 2 is 1.82 bits per heavy atom. The predicted molar refractivity (Wildman–Crippen MR) is 127 cm³/mol. The number of halogens is 2. The van der Waals surface area contributed by atoms with E-state index in [0.29, 0.717) is 38.3 Å².